The summed E-state index contributed by atoms with van der Waals surface area (Å²) in [5.41, 5.74) is 1.13. The van der Waals surface area contributed by atoms with Crippen LogP contribution in [0.25, 0.3) is 0 Å². The molecule has 5 nitrogen and oxygen atoms in total. The number of hydrogen-bond acceptors (Lipinski definition) is 2. The van der Waals surface area contributed by atoms with E-state index in [0.29, 0.717) is 6.54 Å². The highest BCUT2D eigenvalue weighted by Gasteiger charge is 1.99. The SMILES string of the molecule is CCCCCCCCCNC(=NCc1cnn(C)c1)NCC. The van der Waals surface area contributed by atoms with Crippen molar-refractivity contribution in [3.63, 3.8) is 0 Å². The first kappa shape index (κ1) is 18.5. The Morgan fingerprint density at radius 1 is 1.09 bits per heavy atom. The zero-order valence-corrected chi connectivity index (χ0v) is 14.6. The average molecular weight is 307 g/mol. The van der Waals surface area contributed by atoms with E-state index >= 15 is 0 Å². The van der Waals surface area contributed by atoms with Crippen LogP contribution in [0.5, 0.6) is 0 Å². The second-order valence-corrected chi connectivity index (χ2v) is 5.77. The molecular formula is C17H33N5. The highest BCUT2D eigenvalue weighted by atomic mass is 15.2. The molecule has 126 valence electrons. The fourth-order valence-corrected chi connectivity index (χ4v) is 2.35. The molecule has 0 aliphatic rings. The van der Waals surface area contributed by atoms with Crippen molar-refractivity contribution in [2.75, 3.05) is 13.1 Å². The molecule has 0 spiro atoms. The van der Waals surface area contributed by atoms with E-state index in [2.05, 4.69) is 34.6 Å². The van der Waals surface area contributed by atoms with Gasteiger partial charge in [0.2, 0.25) is 0 Å². The first-order valence-electron chi connectivity index (χ1n) is 8.76. The van der Waals surface area contributed by atoms with Crippen LogP contribution in [0.2, 0.25) is 0 Å². The van der Waals surface area contributed by atoms with E-state index in [4.69, 9.17) is 0 Å². The minimum absolute atomic E-state index is 0.667. The number of aromatic nitrogens is 2. The van der Waals surface area contributed by atoms with Gasteiger partial charge in [0, 0.05) is 31.9 Å². The van der Waals surface area contributed by atoms with Crippen molar-refractivity contribution in [2.24, 2.45) is 12.0 Å². The Hall–Kier alpha value is -1.52. The van der Waals surface area contributed by atoms with Gasteiger partial charge in [-0.3, -0.25) is 4.68 Å². The third-order valence-electron chi connectivity index (χ3n) is 3.60. The van der Waals surface area contributed by atoms with Gasteiger partial charge in [-0.1, -0.05) is 45.4 Å². The van der Waals surface area contributed by atoms with Crippen LogP contribution in [0, 0.1) is 0 Å². The van der Waals surface area contributed by atoms with Gasteiger partial charge in [-0.05, 0) is 13.3 Å². The molecule has 0 saturated carbocycles. The summed E-state index contributed by atoms with van der Waals surface area (Å²) >= 11 is 0. The zero-order chi connectivity index (χ0) is 16.0. The number of nitrogens with zero attached hydrogens (tertiary/aromatic N) is 3. The van der Waals surface area contributed by atoms with E-state index < -0.39 is 0 Å². The van der Waals surface area contributed by atoms with Crippen LogP contribution < -0.4 is 10.6 Å². The summed E-state index contributed by atoms with van der Waals surface area (Å²) in [4.78, 5) is 4.60. The molecule has 1 aromatic heterocycles. The van der Waals surface area contributed by atoms with Gasteiger partial charge in [-0.15, -0.1) is 0 Å². The quantitative estimate of drug-likeness (QED) is 0.375. The van der Waals surface area contributed by atoms with E-state index in [1.807, 2.05) is 24.1 Å². The molecule has 0 aliphatic heterocycles. The number of hydrogen-bond donors (Lipinski definition) is 2. The van der Waals surface area contributed by atoms with Gasteiger partial charge >= 0.3 is 0 Å². The molecule has 0 bridgehead atoms. The molecule has 0 aromatic carbocycles. The number of aliphatic imine (C=N–C) groups is 1. The lowest BCUT2D eigenvalue weighted by molar-refractivity contribution is 0.584. The lowest BCUT2D eigenvalue weighted by atomic mass is 10.1. The topological polar surface area (TPSA) is 54.2 Å². The van der Waals surface area contributed by atoms with E-state index in [9.17, 15) is 0 Å². The maximum Gasteiger partial charge on any atom is 0.191 e. The molecule has 1 aromatic rings. The Balaban J connectivity index is 2.17. The van der Waals surface area contributed by atoms with Gasteiger partial charge < -0.3 is 10.6 Å². The molecule has 22 heavy (non-hydrogen) atoms. The fraction of sp³-hybridized carbons (Fsp3) is 0.765. The molecule has 0 atom stereocenters. The second-order valence-electron chi connectivity index (χ2n) is 5.77. The van der Waals surface area contributed by atoms with Crippen LogP contribution in [0.3, 0.4) is 0 Å². The highest BCUT2D eigenvalue weighted by Crippen LogP contribution is 2.06. The highest BCUT2D eigenvalue weighted by molar-refractivity contribution is 5.79. The summed E-state index contributed by atoms with van der Waals surface area (Å²) in [6.07, 6.45) is 13.2. The number of aryl methyl sites for hydroxylation is 1. The Morgan fingerprint density at radius 2 is 1.82 bits per heavy atom. The van der Waals surface area contributed by atoms with Crippen molar-refractivity contribution in [3.8, 4) is 0 Å². The summed E-state index contributed by atoms with van der Waals surface area (Å²) in [7, 11) is 1.93. The first-order chi connectivity index (χ1) is 10.8. The molecule has 0 aliphatic carbocycles. The van der Waals surface area contributed by atoms with Crippen LogP contribution in [0.15, 0.2) is 17.4 Å². The number of rotatable bonds is 11. The first-order valence-corrected chi connectivity index (χ1v) is 8.76. The smallest absolute Gasteiger partial charge is 0.191 e. The standard InChI is InChI=1S/C17H33N5/c1-4-6-7-8-9-10-11-12-19-17(18-5-2)20-13-16-14-21-22(3)15-16/h14-15H,4-13H2,1-3H3,(H2,18,19,20). The monoisotopic (exact) mass is 307 g/mol. The number of nitrogens with one attached hydrogen (secondary N) is 2. The predicted molar refractivity (Wildman–Crippen MR) is 94.0 cm³/mol. The third kappa shape index (κ3) is 8.70. The summed E-state index contributed by atoms with van der Waals surface area (Å²) in [5, 5.41) is 10.9. The molecular weight excluding hydrogens is 274 g/mol. The van der Waals surface area contributed by atoms with Gasteiger partial charge in [0.05, 0.1) is 12.7 Å². The van der Waals surface area contributed by atoms with Gasteiger partial charge in [0.25, 0.3) is 0 Å². The van der Waals surface area contributed by atoms with E-state index in [1.54, 1.807) is 0 Å². The molecule has 0 radical (unpaired) electrons. The molecule has 2 N–H and O–H groups in total. The van der Waals surface area contributed by atoms with Crippen molar-refractivity contribution < 1.29 is 0 Å². The summed E-state index contributed by atoms with van der Waals surface area (Å²) in [6.45, 7) is 6.90. The Kier molecular flexibility index (Phi) is 10.2. The molecule has 1 heterocycles. The Bertz CT molecular complexity index is 411. The fourth-order valence-electron chi connectivity index (χ4n) is 2.35. The average Bonchev–Trinajstić information content (AvgIpc) is 2.93. The second kappa shape index (κ2) is 12.1. The molecule has 1 rings (SSSR count). The van der Waals surface area contributed by atoms with Crippen molar-refractivity contribution >= 4 is 5.96 Å². The molecule has 0 amide bonds. The zero-order valence-electron chi connectivity index (χ0n) is 14.6. The maximum atomic E-state index is 4.60. The van der Waals surface area contributed by atoms with Crippen molar-refractivity contribution in [2.45, 2.75) is 65.3 Å². The van der Waals surface area contributed by atoms with Crippen LogP contribution in [-0.4, -0.2) is 28.8 Å². The van der Waals surface area contributed by atoms with Gasteiger partial charge in [-0.2, -0.15) is 5.10 Å². The van der Waals surface area contributed by atoms with Crippen LogP contribution in [0.4, 0.5) is 0 Å². The lowest BCUT2D eigenvalue weighted by Gasteiger charge is -2.11. The molecule has 5 heteroatoms. The number of guanidine groups is 1. The molecule has 0 fully saturated rings. The van der Waals surface area contributed by atoms with Crippen molar-refractivity contribution in [3.05, 3.63) is 18.0 Å². The number of unbranched alkanes of at least 4 members (excludes halogenated alkanes) is 6. The van der Waals surface area contributed by atoms with E-state index in [0.717, 1.165) is 24.6 Å². The predicted octanol–water partition coefficient (Wildman–Crippen LogP) is 3.23. The van der Waals surface area contributed by atoms with Crippen LogP contribution >= 0.6 is 0 Å². The van der Waals surface area contributed by atoms with E-state index in [1.165, 1.54) is 44.9 Å². The lowest BCUT2D eigenvalue weighted by Crippen LogP contribution is -2.37. The van der Waals surface area contributed by atoms with Crippen LogP contribution in [0.1, 0.15) is 64.4 Å². The van der Waals surface area contributed by atoms with Gasteiger partial charge in [0.1, 0.15) is 0 Å². The molecule has 0 unspecified atom stereocenters. The Labute approximate surface area is 135 Å². The normalized spacial score (nSPS) is 11.7. The van der Waals surface area contributed by atoms with Gasteiger partial charge in [0.15, 0.2) is 5.96 Å². The maximum absolute atomic E-state index is 4.60. The van der Waals surface area contributed by atoms with Crippen LogP contribution in [-0.2, 0) is 13.6 Å². The van der Waals surface area contributed by atoms with Crippen molar-refractivity contribution in [1.82, 2.24) is 20.4 Å². The minimum Gasteiger partial charge on any atom is -0.357 e. The largest absolute Gasteiger partial charge is 0.357 e. The third-order valence-corrected chi connectivity index (χ3v) is 3.60. The summed E-state index contributed by atoms with van der Waals surface area (Å²) < 4.78 is 1.81. The summed E-state index contributed by atoms with van der Waals surface area (Å²) in [6, 6.07) is 0. The molecule has 0 saturated heterocycles. The van der Waals surface area contributed by atoms with Crippen molar-refractivity contribution in [1.29, 1.82) is 0 Å². The Morgan fingerprint density at radius 3 is 2.45 bits per heavy atom. The summed E-state index contributed by atoms with van der Waals surface area (Å²) in [5.74, 6) is 0.900. The van der Waals surface area contributed by atoms with E-state index in [-0.39, 0.29) is 0 Å². The minimum atomic E-state index is 0.667. The van der Waals surface area contributed by atoms with Gasteiger partial charge in [-0.25, -0.2) is 4.99 Å².